The standard InChI is InChI=1S/C12H15ClN2O2/c13-11-4-2-1-3-9(11)7-14-12(16)15-10-5-6-17-8-10/h1-4,10H,5-8H2,(H2,14,15,16). The molecule has 1 aliphatic heterocycles. The summed E-state index contributed by atoms with van der Waals surface area (Å²) in [5.41, 5.74) is 0.909. The summed E-state index contributed by atoms with van der Waals surface area (Å²) < 4.78 is 5.18. The Morgan fingerprint density at radius 2 is 2.29 bits per heavy atom. The van der Waals surface area contributed by atoms with Crippen LogP contribution in [-0.2, 0) is 11.3 Å². The molecule has 0 aromatic heterocycles. The van der Waals surface area contributed by atoms with Crippen molar-refractivity contribution in [1.29, 1.82) is 0 Å². The van der Waals surface area contributed by atoms with E-state index in [9.17, 15) is 4.79 Å². The third-order valence-corrected chi connectivity index (χ3v) is 3.03. The lowest BCUT2D eigenvalue weighted by Gasteiger charge is -2.12. The van der Waals surface area contributed by atoms with Gasteiger partial charge >= 0.3 is 6.03 Å². The van der Waals surface area contributed by atoms with E-state index in [0.29, 0.717) is 18.2 Å². The van der Waals surface area contributed by atoms with Gasteiger partial charge < -0.3 is 15.4 Å². The van der Waals surface area contributed by atoms with Gasteiger partial charge in [0, 0.05) is 18.2 Å². The van der Waals surface area contributed by atoms with Crippen molar-refractivity contribution >= 4 is 17.6 Å². The van der Waals surface area contributed by atoms with Crippen LogP contribution in [0.5, 0.6) is 0 Å². The van der Waals surface area contributed by atoms with E-state index in [1.807, 2.05) is 18.2 Å². The predicted octanol–water partition coefficient (Wildman–Crippen LogP) is 1.93. The Hall–Kier alpha value is -1.26. The minimum atomic E-state index is -0.180. The Kier molecular flexibility index (Phi) is 4.23. The number of ether oxygens (including phenoxy) is 1. The second-order valence-electron chi connectivity index (χ2n) is 3.98. The molecule has 1 aromatic rings. The lowest BCUT2D eigenvalue weighted by molar-refractivity contribution is 0.188. The number of benzene rings is 1. The first-order valence-electron chi connectivity index (χ1n) is 5.61. The summed E-state index contributed by atoms with van der Waals surface area (Å²) in [5.74, 6) is 0. The maximum atomic E-state index is 11.6. The fourth-order valence-corrected chi connectivity index (χ4v) is 1.90. The van der Waals surface area contributed by atoms with Gasteiger partial charge in [-0.15, -0.1) is 0 Å². The van der Waals surface area contributed by atoms with Gasteiger partial charge in [0.05, 0.1) is 12.6 Å². The molecular formula is C12H15ClN2O2. The third-order valence-electron chi connectivity index (χ3n) is 2.66. The third kappa shape index (κ3) is 3.61. The van der Waals surface area contributed by atoms with Crippen molar-refractivity contribution in [2.45, 2.75) is 19.0 Å². The van der Waals surface area contributed by atoms with Crippen LogP contribution < -0.4 is 10.6 Å². The molecular weight excluding hydrogens is 240 g/mol. The van der Waals surface area contributed by atoms with Crippen LogP contribution in [0, 0.1) is 0 Å². The number of rotatable bonds is 3. The van der Waals surface area contributed by atoms with E-state index in [2.05, 4.69) is 10.6 Å². The molecule has 0 saturated carbocycles. The summed E-state index contributed by atoms with van der Waals surface area (Å²) in [4.78, 5) is 11.6. The van der Waals surface area contributed by atoms with Gasteiger partial charge in [-0.1, -0.05) is 29.8 Å². The Morgan fingerprint density at radius 3 is 3.00 bits per heavy atom. The molecule has 2 amide bonds. The largest absolute Gasteiger partial charge is 0.379 e. The van der Waals surface area contributed by atoms with E-state index in [1.165, 1.54) is 0 Å². The van der Waals surface area contributed by atoms with E-state index < -0.39 is 0 Å². The summed E-state index contributed by atoms with van der Waals surface area (Å²) >= 11 is 5.99. The first-order chi connectivity index (χ1) is 8.25. The molecule has 17 heavy (non-hydrogen) atoms. The fourth-order valence-electron chi connectivity index (χ4n) is 1.70. The SMILES string of the molecule is O=C(NCc1ccccc1Cl)NC1CCOC1. The van der Waals surface area contributed by atoms with E-state index in [0.717, 1.165) is 18.6 Å². The molecule has 0 bridgehead atoms. The Labute approximate surface area is 105 Å². The van der Waals surface area contributed by atoms with E-state index >= 15 is 0 Å². The maximum Gasteiger partial charge on any atom is 0.315 e. The second-order valence-corrected chi connectivity index (χ2v) is 4.39. The zero-order chi connectivity index (χ0) is 12.1. The molecule has 1 fully saturated rings. The van der Waals surface area contributed by atoms with Crippen LogP contribution in [0.2, 0.25) is 5.02 Å². The number of hydrogen-bond donors (Lipinski definition) is 2. The van der Waals surface area contributed by atoms with Crippen LogP contribution >= 0.6 is 11.6 Å². The lowest BCUT2D eigenvalue weighted by atomic mass is 10.2. The summed E-state index contributed by atoms with van der Waals surface area (Å²) in [5, 5.41) is 6.29. The first kappa shape index (κ1) is 12.2. The molecule has 1 aromatic carbocycles. The van der Waals surface area contributed by atoms with Gasteiger partial charge in [0.25, 0.3) is 0 Å². The molecule has 92 valence electrons. The molecule has 2 N–H and O–H groups in total. The minimum Gasteiger partial charge on any atom is -0.379 e. The molecule has 1 saturated heterocycles. The molecule has 5 heteroatoms. The van der Waals surface area contributed by atoms with Gasteiger partial charge in [0.2, 0.25) is 0 Å². The molecule has 1 atom stereocenters. The van der Waals surface area contributed by atoms with E-state index in [1.54, 1.807) is 6.07 Å². The van der Waals surface area contributed by atoms with Crippen LogP contribution in [0.15, 0.2) is 24.3 Å². The van der Waals surface area contributed by atoms with Gasteiger partial charge in [-0.3, -0.25) is 0 Å². The van der Waals surface area contributed by atoms with Crippen LogP contribution in [-0.4, -0.2) is 25.3 Å². The average Bonchev–Trinajstić information content (AvgIpc) is 2.81. The maximum absolute atomic E-state index is 11.6. The molecule has 1 unspecified atom stereocenters. The number of nitrogens with one attached hydrogen (secondary N) is 2. The van der Waals surface area contributed by atoms with Gasteiger partial charge in [-0.05, 0) is 18.1 Å². The van der Waals surface area contributed by atoms with Gasteiger partial charge in [0.15, 0.2) is 0 Å². The van der Waals surface area contributed by atoms with E-state index in [4.69, 9.17) is 16.3 Å². The fraction of sp³-hybridized carbons (Fsp3) is 0.417. The zero-order valence-corrected chi connectivity index (χ0v) is 10.2. The average molecular weight is 255 g/mol. The molecule has 0 radical (unpaired) electrons. The van der Waals surface area contributed by atoms with Crippen molar-refractivity contribution in [2.75, 3.05) is 13.2 Å². The summed E-state index contributed by atoms with van der Waals surface area (Å²) in [7, 11) is 0. The normalized spacial score (nSPS) is 19.0. The smallest absolute Gasteiger partial charge is 0.315 e. The molecule has 2 rings (SSSR count). The monoisotopic (exact) mass is 254 g/mol. The van der Waals surface area contributed by atoms with Crippen molar-refractivity contribution in [3.8, 4) is 0 Å². The number of amides is 2. The Bertz CT molecular complexity index is 392. The van der Waals surface area contributed by atoms with Crippen LogP contribution in [0.3, 0.4) is 0 Å². The van der Waals surface area contributed by atoms with Crippen molar-refractivity contribution in [3.63, 3.8) is 0 Å². The summed E-state index contributed by atoms with van der Waals surface area (Å²) in [6, 6.07) is 7.40. The summed E-state index contributed by atoms with van der Waals surface area (Å²) in [6.07, 6.45) is 0.875. The number of urea groups is 1. The quantitative estimate of drug-likeness (QED) is 0.866. The minimum absolute atomic E-state index is 0.126. The van der Waals surface area contributed by atoms with Crippen LogP contribution in [0.25, 0.3) is 0 Å². The predicted molar refractivity (Wildman–Crippen MR) is 66.0 cm³/mol. The van der Waals surface area contributed by atoms with Gasteiger partial charge in [0.1, 0.15) is 0 Å². The van der Waals surface area contributed by atoms with Crippen molar-refractivity contribution in [3.05, 3.63) is 34.9 Å². The molecule has 0 spiro atoms. The van der Waals surface area contributed by atoms with Crippen molar-refractivity contribution < 1.29 is 9.53 Å². The number of carbonyl (C=O) groups is 1. The second kappa shape index (κ2) is 5.89. The van der Waals surface area contributed by atoms with Gasteiger partial charge in [-0.2, -0.15) is 0 Å². The molecule has 0 aliphatic carbocycles. The van der Waals surface area contributed by atoms with Crippen molar-refractivity contribution in [1.82, 2.24) is 10.6 Å². The number of carbonyl (C=O) groups excluding carboxylic acids is 1. The van der Waals surface area contributed by atoms with Crippen LogP contribution in [0.1, 0.15) is 12.0 Å². The highest BCUT2D eigenvalue weighted by Crippen LogP contribution is 2.14. The number of hydrogen-bond acceptors (Lipinski definition) is 2. The zero-order valence-electron chi connectivity index (χ0n) is 9.41. The first-order valence-corrected chi connectivity index (χ1v) is 5.99. The molecule has 4 nitrogen and oxygen atoms in total. The Balaban J connectivity index is 1.77. The lowest BCUT2D eigenvalue weighted by Crippen LogP contribution is -2.42. The number of halogens is 1. The van der Waals surface area contributed by atoms with Crippen LogP contribution in [0.4, 0.5) is 4.79 Å². The summed E-state index contributed by atoms with van der Waals surface area (Å²) in [6.45, 7) is 1.74. The molecule has 1 aliphatic rings. The highest BCUT2D eigenvalue weighted by Gasteiger charge is 2.17. The van der Waals surface area contributed by atoms with Gasteiger partial charge in [-0.25, -0.2) is 4.79 Å². The van der Waals surface area contributed by atoms with E-state index in [-0.39, 0.29) is 12.1 Å². The highest BCUT2D eigenvalue weighted by molar-refractivity contribution is 6.31. The van der Waals surface area contributed by atoms with Crippen molar-refractivity contribution in [2.24, 2.45) is 0 Å². The molecule has 1 heterocycles. The highest BCUT2D eigenvalue weighted by atomic mass is 35.5. The Morgan fingerprint density at radius 1 is 1.47 bits per heavy atom. The topological polar surface area (TPSA) is 50.4 Å².